The Morgan fingerprint density at radius 3 is 2.13 bits per heavy atom. The predicted octanol–water partition coefficient (Wildman–Crippen LogP) is -1.26. The van der Waals surface area contributed by atoms with E-state index in [4.69, 9.17) is 18.9 Å². The largest absolute Gasteiger partial charge is 0.385 e. The van der Waals surface area contributed by atoms with Crippen molar-refractivity contribution in [1.29, 1.82) is 0 Å². The summed E-state index contributed by atoms with van der Waals surface area (Å²) in [4.78, 5) is 0. The molecular formula is C9H18O6. The summed E-state index contributed by atoms with van der Waals surface area (Å²) >= 11 is 0. The molecule has 5 atom stereocenters. The van der Waals surface area contributed by atoms with Crippen LogP contribution in [0.15, 0.2) is 0 Å². The Morgan fingerprint density at radius 2 is 1.67 bits per heavy atom. The third kappa shape index (κ3) is 2.66. The Bertz CT molecular complexity index is 187. The van der Waals surface area contributed by atoms with E-state index in [2.05, 4.69) is 0 Å². The summed E-state index contributed by atoms with van der Waals surface area (Å²) in [6.07, 6.45) is -3.94. The fraction of sp³-hybridized carbons (Fsp3) is 1.00. The lowest BCUT2D eigenvalue weighted by atomic mass is 9.99. The molecule has 15 heavy (non-hydrogen) atoms. The van der Waals surface area contributed by atoms with Gasteiger partial charge in [0.15, 0.2) is 6.29 Å². The molecular weight excluding hydrogens is 204 g/mol. The Morgan fingerprint density at radius 1 is 1.07 bits per heavy atom. The monoisotopic (exact) mass is 222 g/mol. The normalized spacial score (nSPS) is 41.8. The Kier molecular flexibility index (Phi) is 4.91. The SMILES string of the molecule is COCC1O[C@@H](O)C(O)[C@@H](OC)[C@H]1OC. The van der Waals surface area contributed by atoms with E-state index in [9.17, 15) is 10.2 Å². The first kappa shape index (κ1) is 12.8. The third-order valence-electron chi connectivity index (χ3n) is 2.51. The van der Waals surface area contributed by atoms with Crippen LogP contribution in [-0.4, -0.2) is 68.9 Å². The second kappa shape index (κ2) is 5.74. The lowest BCUT2D eigenvalue weighted by Crippen LogP contribution is -2.59. The van der Waals surface area contributed by atoms with Crippen molar-refractivity contribution in [2.75, 3.05) is 27.9 Å². The van der Waals surface area contributed by atoms with Crippen LogP contribution in [0, 0.1) is 0 Å². The van der Waals surface area contributed by atoms with Gasteiger partial charge in [-0.3, -0.25) is 0 Å². The highest BCUT2D eigenvalue weighted by atomic mass is 16.7. The van der Waals surface area contributed by atoms with Gasteiger partial charge < -0.3 is 29.2 Å². The molecule has 0 radical (unpaired) electrons. The van der Waals surface area contributed by atoms with Gasteiger partial charge in [-0.1, -0.05) is 0 Å². The van der Waals surface area contributed by atoms with Crippen LogP contribution >= 0.6 is 0 Å². The fourth-order valence-corrected chi connectivity index (χ4v) is 1.76. The number of hydrogen-bond donors (Lipinski definition) is 2. The van der Waals surface area contributed by atoms with Crippen molar-refractivity contribution in [3.8, 4) is 0 Å². The van der Waals surface area contributed by atoms with Crippen molar-refractivity contribution < 1.29 is 29.2 Å². The molecule has 0 bridgehead atoms. The fourth-order valence-electron chi connectivity index (χ4n) is 1.76. The predicted molar refractivity (Wildman–Crippen MR) is 50.4 cm³/mol. The quantitative estimate of drug-likeness (QED) is 0.618. The number of aliphatic hydroxyl groups excluding tert-OH is 2. The zero-order valence-electron chi connectivity index (χ0n) is 9.12. The Balaban J connectivity index is 2.73. The molecule has 2 unspecified atom stereocenters. The van der Waals surface area contributed by atoms with Crippen LogP contribution in [0.5, 0.6) is 0 Å². The second-order valence-electron chi connectivity index (χ2n) is 3.41. The highest BCUT2D eigenvalue weighted by molar-refractivity contribution is 4.90. The molecule has 6 nitrogen and oxygen atoms in total. The van der Waals surface area contributed by atoms with E-state index < -0.39 is 30.7 Å². The molecule has 1 aliphatic rings. The van der Waals surface area contributed by atoms with Crippen LogP contribution in [0.1, 0.15) is 0 Å². The first-order valence-electron chi connectivity index (χ1n) is 4.71. The zero-order chi connectivity index (χ0) is 11.4. The van der Waals surface area contributed by atoms with E-state index in [0.717, 1.165) is 0 Å². The first-order valence-corrected chi connectivity index (χ1v) is 4.71. The minimum absolute atomic E-state index is 0.266. The van der Waals surface area contributed by atoms with Crippen LogP contribution in [0.25, 0.3) is 0 Å². The average Bonchev–Trinajstić information content (AvgIpc) is 2.23. The van der Waals surface area contributed by atoms with E-state index in [0.29, 0.717) is 0 Å². The standard InChI is InChI=1S/C9H18O6/c1-12-4-5-7(13-2)8(14-3)6(10)9(11)15-5/h5-11H,4H2,1-3H3/t5?,6?,7-,8+,9+/m0/s1. The summed E-state index contributed by atoms with van der Waals surface area (Å²) in [5, 5.41) is 19.0. The highest BCUT2D eigenvalue weighted by Gasteiger charge is 2.45. The molecule has 1 fully saturated rings. The van der Waals surface area contributed by atoms with Crippen LogP contribution in [0.2, 0.25) is 0 Å². The van der Waals surface area contributed by atoms with Gasteiger partial charge in [0.25, 0.3) is 0 Å². The minimum Gasteiger partial charge on any atom is -0.385 e. The Labute approximate surface area is 88.7 Å². The van der Waals surface area contributed by atoms with Gasteiger partial charge in [-0.2, -0.15) is 0 Å². The molecule has 1 saturated heterocycles. The third-order valence-corrected chi connectivity index (χ3v) is 2.51. The summed E-state index contributed by atoms with van der Waals surface area (Å²) in [5.41, 5.74) is 0. The van der Waals surface area contributed by atoms with Crippen molar-refractivity contribution in [2.24, 2.45) is 0 Å². The van der Waals surface area contributed by atoms with Crippen molar-refractivity contribution >= 4 is 0 Å². The van der Waals surface area contributed by atoms with Gasteiger partial charge in [-0.05, 0) is 0 Å². The summed E-state index contributed by atoms with van der Waals surface area (Å²) in [7, 11) is 4.46. The molecule has 0 aliphatic carbocycles. The van der Waals surface area contributed by atoms with Gasteiger partial charge in [-0.15, -0.1) is 0 Å². The molecule has 2 N–H and O–H groups in total. The van der Waals surface area contributed by atoms with Crippen molar-refractivity contribution in [3.63, 3.8) is 0 Å². The van der Waals surface area contributed by atoms with E-state index >= 15 is 0 Å². The molecule has 1 rings (SSSR count). The topological polar surface area (TPSA) is 77.4 Å². The molecule has 1 heterocycles. The molecule has 0 aromatic heterocycles. The average molecular weight is 222 g/mol. The molecule has 0 aromatic rings. The van der Waals surface area contributed by atoms with Gasteiger partial charge in [0, 0.05) is 21.3 Å². The smallest absolute Gasteiger partial charge is 0.184 e. The molecule has 0 aromatic carbocycles. The number of methoxy groups -OCH3 is 3. The van der Waals surface area contributed by atoms with Crippen molar-refractivity contribution in [3.05, 3.63) is 0 Å². The molecule has 6 heteroatoms. The van der Waals surface area contributed by atoms with Gasteiger partial charge >= 0.3 is 0 Å². The van der Waals surface area contributed by atoms with E-state index in [1.807, 2.05) is 0 Å². The van der Waals surface area contributed by atoms with Crippen LogP contribution in [0.4, 0.5) is 0 Å². The molecule has 0 amide bonds. The van der Waals surface area contributed by atoms with E-state index in [1.165, 1.54) is 21.3 Å². The van der Waals surface area contributed by atoms with Gasteiger partial charge in [0.2, 0.25) is 0 Å². The van der Waals surface area contributed by atoms with Gasteiger partial charge in [0.05, 0.1) is 6.61 Å². The maximum Gasteiger partial charge on any atom is 0.184 e. The summed E-state index contributed by atoms with van der Waals surface area (Å²) < 4.78 is 20.3. The van der Waals surface area contributed by atoms with Crippen molar-refractivity contribution in [2.45, 2.75) is 30.7 Å². The summed E-state index contributed by atoms with van der Waals surface area (Å²) in [6, 6.07) is 0. The Hall–Kier alpha value is -0.240. The van der Waals surface area contributed by atoms with Gasteiger partial charge in [0.1, 0.15) is 24.4 Å². The minimum atomic E-state index is -1.28. The number of aliphatic hydroxyl groups is 2. The second-order valence-corrected chi connectivity index (χ2v) is 3.41. The zero-order valence-corrected chi connectivity index (χ0v) is 9.12. The lowest BCUT2D eigenvalue weighted by Gasteiger charge is -2.41. The molecule has 0 saturated carbocycles. The molecule has 0 spiro atoms. The van der Waals surface area contributed by atoms with Crippen molar-refractivity contribution in [1.82, 2.24) is 0 Å². The van der Waals surface area contributed by atoms with Crippen LogP contribution < -0.4 is 0 Å². The van der Waals surface area contributed by atoms with E-state index in [-0.39, 0.29) is 6.61 Å². The highest BCUT2D eigenvalue weighted by Crippen LogP contribution is 2.24. The van der Waals surface area contributed by atoms with Crippen LogP contribution in [0.3, 0.4) is 0 Å². The van der Waals surface area contributed by atoms with Crippen LogP contribution in [-0.2, 0) is 18.9 Å². The maximum absolute atomic E-state index is 9.60. The van der Waals surface area contributed by atoms with Gasteiger partial charge in [-0.25, -0.2) is 0 Å². The number of ether oxygens (including phenoxy) is 4. The number of hydrogen-bond acceptors (Lipinski definition) is 6. The number of rotatable bonds is 4. The first-order chi connectivity index (χ1) is 7.15. The maximum atomic E-state index is 9.60. The van der Waals surface area contributed by atoms with E-state index in [1.54, 1.807) is 0 Å². The molecule has 90 valence electrons. The summed E-state index contributed by atoms with van der Waals surface area (Å²) in [6.45, 7) is 0.266. The summed E-state index contributed by atoms with van der Waals surface area (Å²) in [5.74, 6) is 0. The lowest BCUT2D eigenvalue weighted by molar-refractivity contribution is -0.295. The molecule has 1 aliphatic heterocycles.